The minimum absolute atomic E-state index is 0.139. The van der Waals surface area contributed by atoms with Crippen LogP contribution in [0.25, 0.3) is 97.3 Å². The Labute approximate surface area is 474 Å². The molecule has 0 spiro atoms. The van der Waals surface area contributed by atoms with Crippen molar-refractivity contribution in [1.82, 2.24) is 0 Å². The number of phenolic OH excluding ortho intramolecular Hbond substituents is 6. The van der Waals surface area contributed by atoms with Gasteiger partial charge in [0, 0.05) is 52.5 Å². The van der Waals surface area contributed by atoms with Gasteiger partial charge in [-0.1, -0.05) is 115 Å². The van der Waals surface area contributed by atoms with E-state index in [-0.39, 0.29) is 40.4 Å². The molecule has 3 heterocycles. The molecule has 0 saturated carbocycles. The molecule has 0 fully saturated rings. The highest BCUT2D eigenvalue weighted by atomic mass is 16.5. The monoisotopic (exact) mass is 1090 g/mol. The Hall–Kier alpha value is -10.9. The zero-order chi connectivity index (χ0) is 56.6. The zero-order valence-corrected chi connectivity index (χ0v) is 44.5. The molecule has 0 bridgehead atoms. The first kappa shape index (κ1) is 50.3. The quantitative estimate of drug-likeness (QED) is 0.0839. The maximum atomic E-state index is 10.4. The van der Waals surface area contributed by atoms with Gasteiger partial charge in [-0.25, -0.2) is 0 Å². The van der Waals surface area contributed by atoms with E-state index in [2.05, 4.69) is 36.4 Å². The Bertz CT molecular complexity index is 4860. The number of furan rings is 1. The summed E-state index contributed by atoms with van der Waals surface area (Å²) in [4.78, 5) is 0. The van der Waals surface area contributed by atoms with Crippen LogP contribution >= 0.6 is 0 Å². The van der Waals surface area contributed by atoms with Crippen LogP contribution in [-0.4, -0.2) is 42.9 Å². The van der Waals surface area contributed by atoms with Crippen LogP contribution in [-0.2, 0) is 6.42 Å². The molecular formula is C73H50O10. The Kier molecular flexibility index (Phi) is 12.1. The van der Waals surface area contributed by atoms with E-state index in [0.717, 1.165) is 144 Å². The summed E-state index contributed by atoms with van der Waals surface area (Å²) in [5, 5.41) is 83.6. The minimum Gasteiger partial charge on any atom is -0.508 e. The van der Waals surface area contributed by atoms with Crippen LogP contribution in [0.4, 0.5) is 0 Å². The van der Waals surface area contributed by atoms with Crippen molar-refractivity contribution >= 4 is 97.3 Å². The standard InChI is InChI=1S/C31H20O3.C21H14O3.C20H12O3.CH4O/c32-23-11-7-19-9-13-27-30(25(19)16-23)29(22-6-5-18-3-1-2-4-21(18)15-22)31-26-17-24(33)12-8-20(26)10-14-28(31)34-27;22-14-5-1-12-3-7-20-18(16(12)9-14)11-19-17-10-15(23)6-2-13(17)4-8-21(19)24-20;21-13-5-1-11-3-7-17-19(15(11)9-13)20-16-10-14(22)6-2-12(16)4-8-18(20)23-17;1-2/h1-17,29,32-33H;1-10,22-23H,11H2;1-10,21-22H;2H,1H3. The van der Waals surface area contributed by atoms with Crippen molar-refractivity contribution < 1.29 is 49.6 Å². The molecule has 0 atom stereocenters. The molecule has 15 aromatic rings. The van der Waals surface area contributed by atoms with Gasteiger partial charge in [-0.2, -0.15) is 0 Å². The molecular weight excluding hydrogens is 1040 g/mol. The number of aromatic hydroxyl groups is 6. The van der Waals surface area contributed by atoms with E-state index in [9.17, 15) is 30.6 Å². The van der Waals surface area contributed by atoms with Crippen molar-refractivity contribution in [1.29, 1.82) is 0 Å². The van der Waals surface area contributed by atoms with E-state index < -0.39 is 0 Å². The van der Waals surface area contributed by atoms with Gasteiger partial charge in [0.05, 0.1) is 0 Å². The van der Waals surface area contributed by atoms with Crippen molar-refractivity contribution in [2.24, 2.45) is 0 Å². The summed E-state index contributed by atoms with van der Waals surface area (Å²) in [5.41, 5.74) is 6.84. The Balaban J connectivity index is 0.000000112. The van der Waals surface area contributed by atoms with Crippen LogP contribution in [0.3, 0.4) is 0 Å². The summed E-state index contributed by atoms with van der Waals surface area (Å²) in [5.74, 6) is 4.45. The Morgan fingerprint density at radius 1 is 0.301 bits per heavy atom. The lowest BCUT2D eigenvalue weighted by Crippen LogP contribution is -2.13. The smallest absolute Gasteiger partial charge is 0.136 e. The third-order valence-electron chi connectivity index (χ3n) is 16.0. The molecule has 0 saturated heterocycles. The second kappa shape index (κ2) is 20.0. The highest BCUT2D eigenvalue weighted by Crippen LogP contribution is 2.53. The molecule has 0 amide bonds. The van der Waals surface area contributed by atoms with E-state index in [1.165, 1.54) is 10.8 Å². The lowest BCUT2D eigenvalue weighted by atomic mass is 9.78. The van der Waals surface area contributed by atoms with Crippen LogP contribution in [0.2, 0.25) is 0 Å². The molecule has 10 nitrogen and oxygen atoms in total. The van der Waals surface area contributed by atoms with E-state index in [0.29, 0.717) is 6.42 Å². The average Bonchev–Trinajstić information content (AvgIpc) is 3.04. The first-order valence-electron chi connectivity index (χ1n) is 27.0. The van der Waals surface area contributed by atoms with Gasteiger partial charge < -0.3 is 49.6 Å². The third-order valence-corrected chi connectivity index (χ3v) is 16.0. The summed E-state index contributed by atoms with van der Waals surface area (Å²) in [6.07, 6.45) is 0.701. The average molecular weight is 1090 g/mol. The molecule has 10 heteroatoms. The summed E-state index contributed by atoms with van der Waals surface area (Å²) >= 11 is 0. The number of benzene rings is 14. The number of rotatable bonds is 1. The van der Waals surface area contributed by atoms with Gasteiger partial charge in [-0.15, -0.1) is 0 Å². The summed E-state index contributed by atoms with van der Waals surface area (Å²) < 4.78 is 18.5. The molecule has 0 aliphatic carbocycles. The van der Waals surface area contributed by atoms with Crippen LogP contribution in [0, 0.1) is 0 Å². The fourth-order valence-electron chi connectivity index (χ4n) is 12.3. The fourth-order valence-corrected chi connectivity index (χ4v) is 12.3. The highest BCUT2D eigenvalue weighted by Gasteiger charge is 2.33. The Morgan fingerprint density at radius 3 is 1.07 bits per heavy atom. The number of ether oxygens (including phenoxy) is 2. The number of hydrogen-bond acceptors (Lipinski definition) is 10. The first-order valence-corrected chi connectivity index (χ1v) is 27.0. The van der Waals surface area contributed by atoms with Crippen molar-refractivity contribution in [3.8, 4) is 57.5 Å². The third kappa shape index (κ3) is 8.73. The van der Waals surface area contributed by atoms with Crippen LogP contribution in [0.5, 0.6) is 57.5 Å². The van der Waals surface area contributed by atoms with Gasteiger partial charge in [0.2, 0.25) is 0 Å². The topological polar surface area (TPSA) is 173 Å². The molecule has 14 aromatic carbocycles. The lowest BCUT2D eigenvalue weighted by Gasteiger charge is -2.31. The number of phenols is 6. The lowest BCUT2D eigenvalue weighted by molar-refractivity contribution is 0.399. The SMILES string of the molecule is CO.Oc1ccc2ccc3c(c2c1)C(c1ccc2ccccc2c1)c1c(ccc2ccc(O)cc12)O3.Oc1ccc2ccc3c(c2c1)Cc1c(ccc2ccc(O)cc12)O3.Oc1ccc2ccc3oc4ccc5ccc(O)cc5c4c3c2c1. The maximum absolute atomic E-state index is 10.4. The summed E-state index contributed by atoms with van der Waals surface area (Å²) in [6.45, 7) is 0. The molecule has 1 aromatic heterocycles. The van der Waals surface area contributed by atoms with Gasteiger partial charge in [0.1, 0.15) is 68.7 Å². The molecule has 2 aliphatic heterocycles. The second-order valence-corrected chi connectivity index (χ2v) is 20.9. The van der Waals surface area contributed by atoms with E-state index >= 15 is 0 Å². The van der Waals surface area contributed by atoms with Gasteiger partial charge in [0.15, 0.2) is 0 Å². The van der Waals surface area contributed by atoms with Crippen LogP contribution in [0.1, 0.15) is 33.7 Å². The van der Waals surface area contributed by atoms with Crippen LogP contribution < -0.4 is 9.47 Å². The van der Waals surface area contributed by atoms with Crippen LogP contribution in [0.15, 0.2) is 229 Å². The fraction of sp³-hybridized carbons (Fsp3) is 0.0411. The van der Waals surface area contributed by atoms with Crippen molar-refractivity contribution in [2.75, 3.05) is 7.11 Å². The second-order valence-electron chi connectivity index (χ2n) is 20.9. The predicted molar refractivity (Wildman–Crippen MR) is 331 cm³/mol. The highest BCUT2D eigenvalue weighted by molar-refractivity contribution is 6.26. The molecule has 402 valence electrons. The van der Waals surface area contributed by atoms with Gasteiger partial charge >= 0.3 is 0 Å². The molecule has 0 radical (unpaired) electrons. The van der Waals surface area contributed by atoms with E-state index in [1.54, 1.807) is 60.7 Å². The summed E-state index contributed by atoms with van der Waals surface area (Å²) in [7, 11) is 1.00. The number of hydrogen-bond donors (Lipinski definition) is 7. The molecule has 2 aliphatic rings. The van der Waals surface area contributed by atoms with E-state index in [1.807, 2.05) is 127 Å². The minimum atomic E-state index is -0.139. The zero-order valence-electron chi connectivity index (χ0n) is 44.5. The normalized spacial score (nSPS) is 12.4. The Morgan fingerprint density at radius 2 is 0.627 bits per heavy atom. The van der Waals surface area contributed by atoms with Crippen molar-refractivity contribution in [3.05, 3.63) is 252 Å². The first-order chi connectivity index (χ1) is 40.5. The predicted octanol–water partition coefficient (Wildman–Crippen LogP) is 17.9. The molecule has 17 rings (SSSR count). The largest absolute Gasteiger partial charge is 0.508 e. The molecule has 0 unspecified atom stereocenters. The number of fused-ring (bicyclic) bond motifs is 20. The van der Waals surface area contributed by atoms with E-state index in [4.69, 9.17) is 19.0 Å². The van der Waals surface area contributed by atoms with Crippen molar-refractivity contribution in [2.45, 2.75) is 12.3 Å². The van der Waals surface area contributed by atoms with Gasteiger partial charge in [0.25, 0.3) is 0 Å². The maximum Gasteiger partial charge on any atom is 0.136 e. The number of aliphatic hydroxyl groups excluding tert-OH is 1. The number of aliphatic hydroxyl groups is 1. The summed E-state index contributed by atoms with van der Waals surface area (Å²) in [6, 6.07) is 71.2. The molecule has 83 heavy (non-hydrogen) atoms. The van der Waals surface area contributed by atoms with Crippen molar-refractivity contribution in [3.63, 3.8) is 0 Å². The molecule has 7 N–H and O–H groups in total. The van der Waals surface area contributed by atoms with Gasteiger partial charge in [-0.05, 0) is 190 Å². The van der Waals surface area contributed by atoms with Gasteiger partial charge in [-0.3, -0.25) is 0 Å².